The Bertz CT molecular complexity index is 894. The van der Waals surface area contributed by atoms with E-state index in [-0.39, 0.29) is 5.91 Å². The zero-order valence-corrected chi connectivity index (χ0v) is 13.7. The Hall–Kier alpha value is -3.47. The lowest BCUT2D eigenvalue weighted by Gasteiger charge is -2.01. The molecule has 2 aromatic carbocycles. The molecule has 0 bridgehead atoms. The third-order valence-corrected chi connectivity index (χ3v) is 3.33. The van der Waals surface area contributed by atoms with Gasteiger partial charge in [-0.2, -0.15) is 10.2 Å². The zero-order valence-electron chi connectivity index (χ0n) is 13.7. The fourth-order valence-corrected chi connectivity index (χ4v) is 2.11. The zero-order chi connectivity index (χ0) is 17.5. The van der Waals surface area contributed by atoms with Gasteiger partial charge < -0.3 is 9.73 Å². The van der Waals surface area contributed by atoms with E-state index in [1.54, 1.807) is 30.3 Å². The van der Waals surface area contributed by atoms with Gasteiger partial charge in [-0.05, 0) is 61.5 Å². The molecule has 1 heterocycles. The highest BCUT2D eigenvalue weighted by atomic mass is 16.3. The highest BCUT2D eigenvalue weighted by Gasteiger charge is 2.00. The number of furan rings is 1. The maximum atomic E-state index is 11.9. The van der Waals surface area contributed by atoms with Crippen molar-refractivity contribution in [3.8, 4) is 0 Å². The van der Waals surface area contributed by atoms with Gasteiger partial charge in [0.1, 0.15) is 11.5 Å². The first-order valence-corrected chi connectivity index (χ1v) is 7.81. The number of anilines is 1. The first kappa shape index (κ1) is 16.4. The van der Waals surface area contributed by atoms with Crippen LogP contribution in [0.15, 0.2) is 87.5 Å². The Morgan fingerprint density at radius 3 is 2.24 bits per heavy atom. The molecule has 0 radical (unpaired) electrons. The fourth-order valence-electron chi connectivity index (χ4n) is 2.11. The summed E-state index contributed by atoms with van der Waals surface area (Å²) in [5.74, 6) is 1.22. The van der Waals surface area contributed by atoms with Crippen molar-refractivity contribution in [3.05, 3.63) is 84.3 Å². The van der Waals surface area contributed by atoms with Crippen LogP contribution in [0.4, 0.5) is 17.1 Å². The van der Waals surface area contributed by atoms with Gasteiger partial charge in [-0.1, -0.05) is 18.2 Å². The van der Waals surface area contributed by atoms with Crippen molar-refractivity contribution in [2.24, 2.45) is 10.2 Å². The summed E-state index contributed by atoms with van der Waals surface area (Å²) < 4.78 is 5.37. The molecule has 5 nitrogen and oxygen atoms in total. The fraction of sp³-hybridized carbons (Fsp3) is 0.0500. The molecule has 0 saturated carbocycles. The molecule has 1 N–H and O–H groups in total. The molecule has 5 heteroatoms. The molecule has 3 aromatic rings. The van der Waals surface area contributed by atoms with Crippen LogP contribution >= 0.6 is 0 Å². The van der Waals surface area contributed by atoms with Crippen molar-refractivity contribution < 1.29 is 9.21 Å². The van der Waals surface area contributed by atoms with Crippen molar-refractivity contribution in [2.45, 2.75) is 6.92 Å². The van der Waals surface area contributed by atoms with Crippen LogP contribution in [0.3, 0.4) is 0 Å². The van der Waals surface area contributed by atoms with Crippen LogP contribution in [0.5, 0.6) is 0 Å². The van der Waals surface area contributed by atoms with Crippen molar-refractivity contribution in [1.82, 2.24) is 0 Å². The summed E-state index contributed by atoms with van der Waals surface area (Å²) in [5.41, 5.74) is 2.19. The van der Waals surface area contributed by atoms with Gasteiger partial charge in [-0.25, -0.2) is 0 Å². The monoisotopic (exact) mass is 331 g/mol. The number of carbonyl (C=O) groups excluding carboxylic acids is 1. The third-order valence-electron chi connectivity index (χ3n) is 3.33. The summed E-state index contributed by atoms with van der Waals surface area (Å²) in [6.45, 7) is 1.86. The van der Waals surface area contributed by atoms with E-state index in [0.717, 1.165) is 11.4 Å². The van der Waals surface area contributed by atoms with Gasteiger partial charge in [0.2, 0.25) is 5.91 Å². The van der Waals surface area contributed by atoms with Crippen LogP contribution in [0.2, 0.25) is 0 Å². The predicted molar refractivity (Wildman–Crippen MR) is 98.2 cm³/mol. The lowest BCUT2D eigenvalue weighted by atomic mass is 10.3. The quantitative estimate of drug-likeness (QED) is 0.484. The average molecular weight is 331 g/mol. The maximum Gasteiger partial charge on any atom is 0.248 e. The highest BCUT2D eigenvalue weighted by Crippen LogP contribution is 2.20. The van der Waals surface area contributed by atoms with Gasteiger partial charge >= 0.3 is 0 Å². The summed E-state index contributed by atoms with van der Waals surface area (Å²) in [6, 6.07) is 20.3. The lowest BCUT2D eigenvalue weighted by Crippen LogP contribution is -2.07. The summed E-state index contributed by atoms with van der Waals surface area (Å²) in [6.07, 6.45) is 3.06. The number of hydrogen-bond acceptors (Lipinski definition) is 4. The van der Waals surface area contributed by atoms with Gasteiger partial charge in [-0.15, -0.1) is 0 Å². The van der Waals surface area contributed by atoms with Gasteiger partial charge in [0.25, 0.3) is 0 Å². The average Bonchev–Trinajstić information content (AvgIpc) is 3.06. The van der Waals surface area contributed by atoms with E-state index >= 15 is 0 Å². The predicted octanol–water partition coefficient (Wildman–Crippen LogP) is 5.66. The molecular formula is C20H17N3O2. The third kappa shape index (κ3) is 5.00. The smallest absolute Gasteiger partial charge is 0.248 e. The molecular weight excluding hydrogens is 314 g/mol. The minimum Gasteiger partial charge on any atom is -0.462 e. The van der Waals surface area contributed by atoms with E-state index in [2.05, 4.69) is 15.5 Å². The lowest BCUT2D eigenvalue weighted by molar-refractivity contribution is -0.111. The highest BCUT2D eigenvalue weighted by molar-refractivity contribution is 6.01. The van der Waals surface area contributed by atoms with Gasteiger partial charge in [0, 0.05) is 11.8 Å². The first-order valence-electron chi connectivity index (χ1n) is 7.81. The number of carbonyl (C=O) groups is 1. The van der Waals surface area contributed by atoms with E-state index < -0.39 is 0 Å². The summed E-state index contributed by atoms with van der Waals surface area (Å²) in [7, 11) is 0. The molecule has 0 aliphatic carbocycles. The molecule has 0 aliphatic rings. The van der Waals surface area contributed by atoms with Crippen molar-refractivity contribution >= 4 is 29.0 Å². The SMILES string of the molecule is Cc1ccc(C=CC(=O)Nc2ccc(N=Nc3ccccc3)cc2)o1. The number of amides is 1. The van der Waals surface area contributed by atoms with Crippen LogP contribution in [-0.2, 0) is 4.79 Å². The number of azo groups is 1. The Labute approximate surface area is 145 Å². The van der Waals surface area contributed by atoms with Crippen molar-refractivity contribution in [2.75, 3.05) is 5.32 Å². The standard InChI is InChI=1S/C20H17N3O2/c1-15-7-12-19(25-15)13-14-20(24)21-16-8-10-18(11-9-16)23-22-17-5-3-2-4-6-17/h2-14H,1H3,(H,21,24). The second kappa shape index (κ2) is 7.88. The van der Waals surface area contributed by atoms with Gasteiger partial charge in [-0.3, -0.25) is 4.79 Å². The maximum absolute atomic E-state index is 11.9. The van der Waals surface area contributed by atoms with Crippen molar-refractivity contribution in [1.29, 1.82) is 0 Å². The van der Waals surface area contributed by atoms with Crippen LogP contribution in [0, 0.1) is 6.92 Å². The minimum atomic E-state index is -0.229. The van der Waals surface area contributed by atoms with Crippen LogP contribution in [0.1, 0.15) is 11.5 Å². The van der Waals surface area contributed by atoms with Crippen molar-refractivity contribution in [3.63, 3.8) is 0 Å². The molecule has 0 atom stereocenters. The number of nitrogens with one attached hydrogen (secondary N) is 1. The summed E-state index contributed by atoms with van der Waals surface area (Å²) in [4.78, 5) is 11.9. The Morgan fingerprint density at radius 1 is 0.920 bits per heavy atom. The molecule has 124 valence electrons. The van der Waals surface area contributed by atoms with Crippen LogP contribution < -0.4 is 5.32 Å². The van der Waals surface area contributed by atoms with E-state index in [9.17, 15) is 4.79 Å². The number of aryl methyl sites for hydroxylation is 1. The summed E-state index contributed by atoms with van der Waals surface area (Å²) >= 11 is 0. The van der Waals surface area contributed by atoms with E-state index in [4.69, 9.17) is 4.42 Å². The van der Waals surface area contributed by atoms with Gasteiger partial charge in [0.05, 0.1) is 11.4 Å². The topological polar surface area (TPSA) is 67.0 Å². The number of rotatable bonds is 5. The second-order valence-corrected chi connectivity index (χ2v) is 5.35. The Balaban J connectivity index is 1.58. The molecule has 0 aliphatic heterocycles. The number of nitrogens with zero attached hydrogens (tertiary/aromatic N) is 2. The van der Waals surface area contributed by atoms with E-state index in [0.29, 0.717) is 17.1 Å². The molecule has 3 rings (SSSR count). The first-order chi connectivity index (χ1) is 12.2. The normalized spacial score (nSPS) is 11.2. The summed E-state index contributed by atoms with van der Waals surface area (Å²) in [5, 5.41) is 11.1. The molecule has 0 unspecified atom stereocenters. The molecule has 1 aromatic heterocycles. The largest absolute Gasteiger partial charge is 0.462 e. The van der Waals surface area contributed by atoms with Crippen LogP contribution in [0.25, 0.3) is 6.08 Å². The molecule has 25 heavy (non-hydrogen) atoms. The Morgan fingerprint density at radius 2 is 1.60 bits per heavy atom. The minimum absolute atomic E-state index is 0.229. The Kier molecular flexibility index (Phi) is 5.16. The molecule has 0 spiro atoms. The molecule has 0 saturated heterocycles. The van der Waals surface area contributed by atoms with Crippen LogP contribution in [-0.4, -0.2) is 5.91 Å². The van der Waals surface area contributed by atoms with E-state index in [1.807, 2.05) is 49.4 Å². The molecule has 1 amide bonds. The second-order valence-electron chi connectivity index (χ2n) is 5.35. The number of hydrogen-bond donors (Lipinski definition) is 1. The number of benzene rings is 2. The van der Waals surface area contributed by atoms with Gasteiger partial charge in [0.15, 0.2) is 0 Å². The molecule has 0 fully saturated rings. The van der Waals surface area contributed by atoms with E-state index in [1.165, 1.54) is 6.08 Å².